The molecule has 1 aromatic rings. The Kier molecular flexibility index (Phi) is 4.74. The third-order valence-electron chi connectivity index (χ3n) is 3.28. The van der Waals surface area contributed by atoms with Crippen LogP contribution in [0, 0.1) is 5.82 Å². The summed E-state index contributed by atoms with van der Waals surface area (Å²) in [5.41, 5.74) is 5.46. The fourth-order valence-corrected chi connectivity index (χ4v) is 2.46. The zero-order chi connectivity index (χ0) is 13.8. The van der Waals surface area contributed by atoms with E-state index in [4.69, 9.17) is 17.3 Å². The number of carbonyl (C=O) groups excluding carboxylic acids is 1. The number of piperazine rings is 1. The predicted octanol–water partition coefficient (Wildman–Crippen LogP) is 1.20. The van der Waals surface area contributed by atoms with Crippen molar-refractivity contribution in [3.8, 4) is 0 Å². The maximum absolute atomic E-state index is 13.7. The highest BCUT2D eigenvalue weighted by atomic mass is 35.5. The minimum atomic E-state index is -0.568. The molecule has 6 heteroatoms. The van der Waals surface area contributed by atoms with Gasteiger partial charge in [-0.15, -0.1) is 0 Å². The maximum atomic E-state index is 13.7. The molecule has 0 saturated carbocycles. The van der Waals surface area contributed by atoms with Crippen LogP contribution in [0.2, 0.25) is 5.02 Å². The van der Waals surface area contributed by atoms with Crippen molar-refractivity contribution in [2.75, 3.05) is 39.3 Å². The van der Waals surface area contributed by atoms with Gasteiger partial charge in [0.05, 0.1) is 10.6 Å². The van der Waals surface area contributed by atoms with E-state index in [0.717, 1.165) is 19.6 Å². The van der Waals surface area contributed by atoms with Crippen LogP contribution in [0.4, 0.5) is 4.39 Å². The summed E-state index contributed by atoms with van der Waals surface area (Å²) in [6.07, 6.45) is 0. The summed E-state index contributed by atoms with van der Waals surface area (Å²) in [7, 11) is 0. The highest BCUT2D eigenvalue weighted by Crippen LogP contribution is 2.21. The van der Waals surface area contributed by atoms with Crippen molar-refractivity contribution in [1.82, 2.24) is 9.80 Å². The lowest BCUT2D eigenvalue weighted by molar-refractivity contribution is 0.0636. The molecular weight excluding hydrogens is 269 g/mol. The molecule has 0 aliphatic carbocycles. The molecule has 1 aliphatic rings. The van der Waals surface area contributed by atoms with Gasteiger partial charge in [-0.2, -0.15) is 0 Å². The van der Waals surface area contributed by atoms with Gasteiger partial charge in [0.2, 0.25) is 0 Å². The molecule has 4 nitrogen and oxygen atoms in total. The lowest BCUT2D eigenvalue weighted by atomic mass is 10.1. The molecule has 0 aromatic heterocycles. The minimum absolute atomic E-state index is 0.0311. The van der Waals surface area contributed by atoms with Gasteiger partial charge in [0.25, 0.3) is 5.91 Å². The fraction of sp³-hybridized carbons (Fsp3) is 0.462. The number of nitrogens with zero attached hydrogens (tertiary/aromatic N) is 2. The average molecular weight is 286 g/mol. The second-order valence-electron chi connectivity index (χ2n) is 4.52. The third kappa shape index (κ3) is 3.23. The van der Waals surface area contributed by atoms with Crippen LogP contribution in [0.15, 0.2) is 18.2 Å². The van der Waals surface area contributed by atoms with Crippen LogP contribution in [0.5, 0.6) is 0 Å². The second kappa shape index (κ2) is 6.32. The maximum Gasteiger partial charge on any atom is 0.258 e. The Labute approximate surface area is 116 Å². The van der Waals surface area contributed by atoms with E-state index in [0.29, 0.717) is 19.6 Å². The molecule has 1 amide bonds. The van der Waals surface area contributed by atoms with Crippen LogP contribution in [-0.4, -0.2) is 55.0 Å². The van der Waals surface area contributed by atoms with E-state index in [9.17, 15) is 9.18 Å². The normalized spacial score (nSPS) is 16.7. The highest BCUT2D eigenvalue weighted by Gasteiger charge is 2.25. The third-order valence-corrected chi connectivity index (χ3v) is 3.60. The molecule has 1 saturated heterocycles. The van der Waals surface area contributed by atoms with Gasteiger partial charge < -0.3 is 10.6 Å². The molecule has 104 valence electrons. The number of halogens is 2. The fourth-order valence-electron chi connectivity index (χ4n) is 2.22. The Balaban J connectivity index is 2.05. The first kappa shape index (κ1) is 14.2. The summed E-state index contributed by atoms with van der Waals surface area (Å²) in [5, 5.41) is 0.161. The zero-order valence-corrected chi connectivity index (χ0v) is 11.4. The molecule has 1 heterocycles. The predicted molar refractivity (Wildman–Crippen MR) is 72.8 cm³/mol. The lowest BCUT2D eigenvalue weighted by Gasteiger charge is -2.34. The van der Waals surface area contributed by atoms with Crippen LogP contribution >= 0.6 is 11.6 Å². The highest BCUT2D eigenvalue weighted by molar-refractivity contribution is 6.33. The van der Waals surface area contributed by atoms with Gasteiger partial charge in [-0.05, 0) is 12.1 Å². The van der Waals surface area contributed by atoms with Gasteiger partial charge in [-0.25, -0.2) is 4.39 Å². The molecule has 0 bridgehead atoms. The Hall–Kier alpha value is -1.17. The Morgan fingerprint density at radius 2 is 2.00 bits per heavy atom. The van der Waals surface area contributed by atoms with E-state index < -0.39 is 5.82 Å². The van der Waals surface area contributed by atoms with E-state index in [2.05, 4.69) is 4.90 Å². The van der Waals surface area contributed by atoms with Crippen LogP contribution < -0.4 is 5.73 Å². The molecule has 0 unspecified atom stereocenters. The molecule has 0 radical (unpaired) electrons. The summed E-state index contributed by atoms with van der Waals surface area (Å²) in [4.78, 5) is 16.1. The van der Waals surface area contributed by atoms with Crippen LogP contribution in [-0.2, 0) is 0 Å². The molecular formula is C13H17ClFN3O. The smallest absolute Gasteiger partial charge is 0.258 e. The number of hydrogen-bond donors (Lipinski definition) is 1. The molecule has 1 fully saturated rings. The molecule has 1 aromatic carbocycles. The summed E-state index contributed by atoms with van der Waals surface area (Å²) in [6, 6.07) is 4.28. The number of nitrogens with two attached hydrogens (primary N) is 1. The Bertz CT molecular complexity index is 441. The monoisotopic (exact) mass is 285 g/mol. The number of hydrogen-bond acceptors (Lipinski definition) is 3. The molecule has 0 atom stereocenters. The first-order valence-corrected chi connectivity index (χ1v) is 6.67. The van der Waals surface area contributed by atoms with E-state index in [1.807, 2.05) is 0 Å². The van der Waals surface area contributed by atoms with Gasteiger partial charge in [0.1, 0.15) is 5.82 Å². The summed E-state index contributed by atoms with van der Waals surface area (Å²) in [6.45, 7) is 4.09. The topological polar surface area (TPSA) is 49.6 Å². The van der Waals surface area contributed by atoms with Gasteiger partial charge in [0.15, 0.2) is 0 Å². The number of carbonyl (C=O) groups is 1. The van der Waals surface area contributed by atoms with Crippen molar-refractivity contribution >= 4 is 17.5 Å². The number of amides is 1. The van der Waals surface area contributed by atoms with Crippen molar-refractivity contribution in [1.29, 1.82) is 0 Å². The summed E-state index contributed by atoms with van der Waals surface area (Å²) < 4.78 is 13.7. The molecule has 2 N–H and O–H groups in total. The molecule has 2 rings (SSSR count). The van der Waals surface area contributed by atoms with Gasteiger partial charge >= 0.3 is 0 Å². The summed E-state index contributed by atoms with van der Waals surface area (Å²) >= 11 is 5.91. The number of rotatable bonds is 3. The minimum Gasteiger partial charge on any atom is -0.336 e. The van der Waals surface area contributed by atoms with E-state index in [1.165, 1.54) is 18.2 Å². The first-order valence-electron chi connectivity index (χ1n) is 6.29. The van der Waals surface area contributed by atoms with Crippen LogP contribution in [0.1, 0.15) is 10.4 Å². The first-order chi connectivity index (χ1) is 9.13. The molecule has 19 heavy (non-hydrogen) atoms. The Morgan fingerprint density at radius 3 is 2.58 bits per heavy atom. The van der Waals surface area contributed by atoms with E-state index in [1.54, 1.807) is 4.90 Å². The van der Waals surface area contributed by atoms with Crippen molar-refractivity contribution in [2.24, 2.45) is 5.73 Å². The van der Waals surface area contributed by atoms with Crippen molar-refractivity contribution < 1.29 is 9.18 Å². The van der Waals surface area contributed by atoms with Gasteiger partial charge in [-0.1, -0.05) is 17.7 Å². The van der Waals surface area contributed by atoms with Crippen molar-refractivity contribution in [2.45, 2.75) is 0 Å². The molecule has 0 spiro atoms. The standard InChI is InChI=1S/C13H17ClFN3O/c14-10-2-1-3-11(15)12(10)13(19)18-8-6-17(5-4-16)7-9-18/h1-3H,4-9,16H2. The van der Waals surface area contributed by atoms with Gasteiger partial charge in [0, 0.05) is 39.3 Å². The Morgan fingerprint density at radius 1 is 1.32 bits per heavy atom. The zero-order valence-electron chi connectivity index (χ0n) is 10.6. The SMILES string of the molecule is NCCN1CCN(C(=O)c2c(F)cccc2Cl)CC1. The lowest BCUT2D eigenvalue weighted by Crippen LogP contribution is -2.49. The van der Waals surface area contributed by atoms with E-state index >= 15 is 0 Å². The number of benzene rings is 1. The van der Waals surface area contributed by atoms with E-state index in [-0.39, 0.29) is 16.5 Å². The van der Waals surface area contributed by atoms with Crippen LogP contribution in [0.3, 0.4) is 0 Å². The van der Waals surface area contributed by atoms with Crippen LogP contribution in [0.25, 0.3) is 0 Å². The van der Waals surface area contributed by atoms with Crippen molar-refractivity contribution in [3.63, 3.8) is 0 Å². The second-order valence-corrected chi connectivity index (χ2v) is 4.93. The average Bonchev–Trinajstić information content (AvgIpc) is 2.39. The van der Waals surface area contributed by atoms with Gasteiger partial charge in [-0.3, -0.25) is 9.69 Å². The quantitative estimate of drug-likeness (QED) is 0.908. The van der Waals surface area contributed by atoms with Crippen molar-refractivity contribution in [3.05, 3.63) is 34.6 Å². The summed E-state index contributed by atoms with van der Waals surface area (Å²) in [5.74, 6) is -0.905. The molecule has 1 aliphatic heterocycles. The largest absolute Gasteiger partial charge is 0.336 e.